The van der Waals surface area contributed by atoms with E-state index in [1.807, 2.05) is 50.0 Å². The number of nitrogens with zero attached hydrogens (tertiary/aromatic N) is 6. The number of fused-ring (bicyclic) bond motifs is 2. The highest BCUT2D eigenvalue weighted by molar-refractivity contribution is 7.18. The third kappa shape index (κ3) is 6.19. The molecule has 0 spiro atoms. The van der Waals surface area contributed by atoms with Crippen molar-refractivity contribution >= 4 is 39.1 Å². The summed E-state index contributed by atoms with van der Waals surface area (Å²) >= 11 is 7.77. The molecular weight excluding hydrogens is 636 g/mol. The molecule has 0 saturated carbocycles. The van der Waals surface area contributed by atoms with E-state index in [1.165, 1.54) is 16.9 Å². The van der Waals surface area contributed by atoms with E-state index < -0.39 is 5.97 Å². The van der Waals surface area contributed by atoms with E-state index in [-0.39, 0.29) is 17.7 Å². The van der Waals surface area contributed by atoms with Gasteiger partial charge in [0.2, 0.25) is 0 Å². The Bertz CT molecular complexity index is 2040. The fraction of sp³-hybridized carbons (Fsp3) is 0.400. The Morgan fingerprint density at radius 1 is 1.13 bits per heavy atom. The average Bonchev–Trinajstić information content (AvgIpc) is 3.69. The molecule has 1 aliphatic heterocycles. The fourth-order valence-corrected chi connectivity index (χ4v) is 8.39. The lowest BCUT2D eigenvalue weighted by molar-refractivity contribution is 0.0699. The van der Waals surface area contributed by atoms with Gasteiger partial charge in [-0.05, 0) is 94.8 Å². The molecule has 47 heavy (non-hydrogen) atoms. The van der Waals surface area contributed by atoms with Crippen molar-refractivity contribution in [1.29, 1.82) is 0 Å². The zero-order chi connectivity index (χ0) is 32.8. The zero-order valence-electron chi connectivity index (χ0n) is 26.7. The van der Waals surface area contributed by atoms with Crippen LogP contribution in [0.1, 0.15) is 63.9 Å². The average molecular weight is 673 g/mol. The highest BCUT2D eigenvalue weighted by Crippen LogP contribution is 2.40. The van der Waals surface area contributed by atoms with Crippen LogP contribution >= 0.6 is 22.9 Å². The van der Waals surface area contributed by atoms with Gasteiger partial charge < -0.3 is 9.84 Å². The van der Waals surface area contributed by atoms with Crippen molar-refractivity contribution in [3.05, 3.63) is 91.3 Å². The summed E-state index contributed by atoms with van der Waals surface area (Å²) in [6.45, 7) is 6.37. The number of halogens is 1. The second-order valence-electron chi connectivity index (χ2n) is 12.6. The minimum Gasteiger partial charge on any atom is -0.491 e. The first-order chi connectivity index (χ1) is 22.7. The molecule has 1 fully saturated rings. The highest BCUT2D eigenvalue weighted by atomic mass is 35.5. The van der Waals surface area contributed by atoms with Crippen LogP contribution in [-0.2, 0) is 26.4 Å². The Balaban J connectivity index is 1.07. The maximum absolute atomic E-state index is 13.9. The van der Waals surface area contributed by atoms with Gasteiger partial charge in [-0.2, -0.15) is 5.10 Å². The van der Waals surface area contributed by atoms with E-state index in [4.69, 9.17) is 21.3 Å². The summed E-state index contributed by atoms with van der Waals surface area (Å²) in [5.41, 5.74) is 5.96. The van der Waals surface area contributed by atoms with Gasteiger partial charge in [-0.25, -0.2) is 9.78 Å². The number of aromatic nitrogens is 5. The maximum Gasteiger partial charge on any atom is 0.338 e. The zero-order valence-corrected chi connectivity index (χ0v) is 28.3. The number of pyridine rings is 1. The first-order valence-electron chi connectivity index (χ1n) is 16.0. The molecular formula is C35H37ClN6O4S. The van der Waals surface area contributed by atoms with Gasteiger partial charge in [-0.1, -0.05) is 11.6 Å². The molecule has 1 aliphatic carbocycles. The molecule has 12 heteroatoms. The first-order valence-corrected chi connectivity index (χ1v) is 17.3. The molecule has 244 valence electrons. The predicted octanol–water partition coefficient (Wildman–Crippen LogP) is 6.04. The van der Waals surface area contributed by atoms with Gasteiger partial charge in [0.25, 0.3) is 5.56 Å². The topological polar surface area (TPSA) is 115 Å². The fourth-order valence-electron chi connectivity index (χ4n) is 7.21. The van der Waals surface area contributed by atoms with Crippen molar-refractivity contribution in [1.82, 2.24) is 29.2 Å². The lowest BCUT2D eigenvalue weighted by Crippen LogP contribution is -2.46. The quantitative estimate of drug-likeness (QED) is 0.212. The molecule has 5 aromatic rings. The van der Waals surface area contributed by atoms with Crippen molar-refractivity contribution in [2.45, 2.75) is 64.5 Å². The number of carboxylic acid groups (broad SMARTS) is 1. The van der Waals surface area contributed by atoms with Crippen LogP contribution in [0.3, 0.4) is 0 Å². The van der Waals surface area contributed by atoms with Gasteiger partial charge in [0.05, 0.1) is 34.2 Å². The van der Waals surface area contributed by atoms with Gasteiger partial charge >= 0.3 is 5.97 Å². The molecule has 0 amide bonds. The van der Waals surface area contributed by atoms with Crippen LogP contribution in [0.25, 0.3) is 21.3 Å². The number of carboxylic acids is 1. The molecule has 2 aliphatic rings. The van der Waals surface area contributed by atoms with Crippen molar-refractivity contribution in [3.63, 3.8) is 0 Å². The van der Waals surface area contributed by atoms with E-state index >= 15 is 0 Å². The Labute approximate surface area is 281 Å². The summed E-state index contributed by atoms with van der Waals surface area (Å²) < 4.78 is 10.7. The van der Waals surface area contributed by atoms with E-state index in [2.05, 4.69) is 21.2 Å². The summed E-state index contributed by atoms with van der Waals surface area (Å²) in [5, 5.41) is 16.2. The SMILES string of the molecule is Cc1cc(-c2cc(Cl)ccc2OCCn2c(C)nc3c(c2=O)C[C@H](N2CCC(c4cnn(C)c4)CC2)CC3)c2scc(C(=O)O)c2n1. The van der Waals surface area contributed by atoms with Crippen LogP contribution in [0, 0.1) is 13.8 Å². The largest absolute Gasteiger partial charge is 0.491 e. The second kappa shape index (κ2) is 12.9. The number of hydrogen-bond acceptors (Lipinski definition) is 8. The van der Waals surface area contributed by atoms with E-state index in [9.17, 15) is 14.7 Å². The molecule has 10 nitrogen and oxygen atoms in total. The number of piperidine rings is 1. The number of thiophene rings is 1. The van der Waals surface area contributed by atoms with Crippen molar-refractivity contribution in [2.24, 2.45) is 7.05 Å². The van der Waals surface area contributed by atoms with Crippen LogP contribution in [0.2, 0.25) is 5.02 Å². The molecule has 1 N–H and O–H groups in total. The summed E-state index contributed by atoms with van der Waals surface area (Å²) in [6, 6.07) is 7.66. The van der Waals surface area contributed by atoms with Gasteiger partial charge in [0.15, 0.2) is 0 Å². The number of hydrogen-bond donors (Lipinski definition) is 1. The van der Waals surface area contributed by atoms with E-state index in [1.54, 1.807) is 16.0 Å². The molecule has 0 bridgehead atoms. The summed E-state index contributed by atoms with van der Waals surface area (Å²) in [4.78, 5) is 37.7. The number of rotatable bonds is 8. The lowest BCUT2D eigenvalue weighted by Gasteiger charge is -2.39. The molecule has 0 unspecified atom stereocenters. The summed E-state index contributed by atoms with van der Waals surface area (Å²) in [5.74, 6) is 0.812. The molecule has 1 saturated heterocycles. The summed E-state index contributed by atoms with van der Waals surface area (Å²) in [6.07, 6.45) is 8.88. The molecule has 7 rings (SSSR count). The first kappa shape index (κ1) is 31.5. The Morgan fingerprint density at radius 3 is 2.68 bits per heavy atom. The number of carbonyl (C=O) groups is 1. The highest BCUT2D eigenvalue weighted by Gasteiger charge is 2.31. The Hall–Kier alpha value is -4.06. The normalized spacial score (nSPS) is 17.2. The molecule has 1 aromatic carbocycles. The van der Waals surface area contributed by atoms with Gasteiger partial charge in [0, 0.05) is 52.1 Å². The Morgan fingerprint density at radius 2 is 1.94 bits per heavy atom. The van der Waals surface area contributed by atoms with Crippen LogP contribution in [-0.4, -0.2) is 66.0 Å². The molecule has 4 aromatic heterocycles. The third-order valence-corrected chi connectivity index (χ3v) is 10.9. The second-order valence-corrected chi connectivity index (χ2v) is 13.9. The number of aryl methyl sites for hydroxylation is 4. The van der Waals surface area contributed by atoms with Gasteiger partial charge in [0.1, 0.15) is 18.2 Å². The minimum atomic E-state index is -1.01. The van der Waals surface area contributed by atoms with Crippen LogP contribution in [0.5, 0.6) is 5.75 Å². The Kier molecular flexibility index (Phi) is 8.63. The van der Waals surface area contributed by atoms with Crippen LogP contribution < -0.4 is 10.3 Å². The molecule has 1 atom stereocenters. The number of aromatic carboxylic acids is 1. The third-order valence-electron chi connectivity index (χ3n) is 9.62. The minimum absolute atomic E-state index is 0.0219. The standard InChI is InChI=1S/C35H37ClN6O4S/c1-20-14-27(33-32(38-20)29(19-47-33)35(44)45)26-15-24(36)4-7-31(26)46-13-12-42-21(2)39-30-6-5-25(16-28(30)34(42)43)41-10-8-22(9-11-41)23-17-37-40(3)18-23/h4,7,14-15,17-19,22,25H,5-6,8-13,16H2,1-3H3,(H,44,45)/t25-/m1/s1. The van der Waals surface area contributed by atoms with Crippen molar-refractivity contribution in [2.75, 3.05) is 19.7 Å². The number of likely N-dealkylation sites (tertiary alicyclic amines) is 1. The molecule has 0 radical (unpaired) electrons. The monoisotopic (exact) mass is 672 g/mol. The van der Waals surface area contributed by atoms with E-state index in [0.29, 0.717) is 46.3 Å². The summed E-state index contributed by atoms with van der Waals surface area (Å²) in [7, 11) is 1.96. The maximum atomic E-state index is 13.9. The smallest absolute Gasteiger partial charge is 0.338 e. The van der Waals surface area contributed by atoms with Crippen LogP contribution in [0.15, 0.2) is 46.8 Å². The van der Waals surface area contributed by atoms with Gasteiger partial charge in [-0.15, -0.1) is 11.3 Å². The van der Waals surface area contributed by atoms with Crippen molar-refractivity contribution in [3.8, 4) is 16.9 Å². The van der Waals surface area contributed by atoms with E-state index in [0.717, 1.165) is 72.3 Å². The number of ether oxygens (including phenoxy) is 1. The van der Waals surface area contributed by atoms with Gasteiger partial charge in [-0.3, -0.25) is 23.9 Å². The predicted molar refractivity (Wildman–Crippen MR) is 183 cm³/mol. The van der Waals surface area contributed by atoms with Crippen molar-refractivity contribution < 1.29 is 14.6 Å². The molecule has 5 heterocycles. The number of benzene rings is 1. The van der Waals surface area contributed by atoms with Crippen LogP contribution in [0.4, 0.5) is 0 Å². The lowest BCUT2D eigenvalue weighted by atomic mass is 9.87.